The quantitative estimate of drug-likeness (QED) is 0.767. The summed E-state index contributed by atoms with van der Waals surface area (Å²) in [5.74, 6) is -1.24. The molecule has 2 N–H and O–H groups in total. The number of carboxylic acids is 1. The molecule has 2 aromatic carbocycles. The number of halogens is 1. The van der Waals surface area contributed by atoms with E-state index in [1.54, 1.807) is 6.07 Å². The number of hydrogen-bond acceptors (Lipinski definition) is 3. The first kappa shape index (κ1) is 14.8. The van der Waals surface area contributed by atoms with Gasteiger partial charge in [0.1, 0.15) is 17.1 Å². The molecule has 0 aromatic heterocycles. The summed E-state index contributed by atoms with van der Waals surface area (Å²) in [5.41, 5.74) is -0.0521. The Morgan fingerprint density at radius 2 is 1.90 bits per heavy atom. The lowest BCUT2D eigenvalue weighted by atomic mass is 10.1. The number of aromatic carboxylic acids is 1. The number of rotatable bonds is 7. The topological polar surface area (TPSA) is 58.6 Å². The predicted molar refractivity (Wildman–Crippen MR) is 78.4 cm³/mol. The standard InChI is InChI=1S/C16H16FNO3/c17-13-8-4-9-14(15(13)16(19)20)18-10-5-11-21-12-6-2-1-3-7-12/h1-4,6-9,18H,5,10-11H2,(H,19,20). The van der Waals surface area contributed by atoms with Gasteiger partial charge in [0.05, 0.1) is 12.3 Å². The number of carbonyl (C=O) groups is 1. The molecular formula is C16H16FNO3. The fourth-order valence-electron chi connectivity index (χ4n) is 1.89. The van der Waals surface area contributed by atoms with E-state index in [4.69, 9.17) is 9.84 Å². The van der Waals surface area contributed by atoms with Gasteiger partial charge in [0.25, 0.3) is 0 Å². The molecule has 0 amide bonds. The van der Waals surface area contributed by atoms with E-state index in [1.165, 1.54) is 6.07 Å². The Labute approximate surface area is 122 Å². The fraction of sp³-hybridized carbons (Fsp3) is 0.188. The fourth-order valence-corrected chi connectivity index (χ4v) is 1.89. The number of benzene rings is 2. The highest BCUT2D eigenvalue weighted by Gasteiger charge is 2.14. The van der Waals surface area contributed by atoms with Gasteiger partial charge in [-0.3, -0.25) is 0 Å². The monoisotopic (exact) mass is 289 g/mol. The minimum Gasteiger partial charge on any atom is -0.494 e. The molecule has 0 bridgehead atoms. The van der Waals surface area contributed by atoms with Gasteiger partial charge in [-0.2, -0.15) is 0 Å². The third kappa shape index (κ3) is 4.21. The SMILES string of the molecule is O=C(O)c1c(F)cccc1NCCCOc1ccccc1. The summed E-state index contributed by atoms with van der Waals surface area (Å²) in [6, 6.07) is 13.6. The number of anilines is 1. The Morgan fingerprint density at radius 1 is 1.14 bits per heavy atom. The van der Waals surface area contributed by atoms with Crippen LogP contribution in [0.2, 0.25) is 0 Å². The molecule has 5 heteroatoms. The summed E-state index contributed by atoms with van der Waals surface area (Å²) in [6.45, 7) is 0.991. The van der Waals surface area contributed by atoms with Crippen molar-refractivity contribution < 1.29 is 19.0 Å². The van der Waals surface area contributed by atoms with Gasteiger partial charge >= 0.3 is 5.97 Å². The summed E-state index contributed by atoms with van der Waals surface area (Å²) in [7, 11) is 0. The van der Waals surface area contributed by atoms with Crippen LogP contribution in [0.15, 0.2) is 48.5 Å². The molecule has 0 aliphatic heterocycles. The summed E-state index contributed by atoms with van der Waals surface area (Å²) in [5, 5.41) is 11.9. The summed E-state index contributed by atoms with van der Waals surface area (Å²) in [4.78, 5) is 11.0. The normalized spacial score (nSPS) is 10.1. The molecule has 0 saturated carbocycles. The zero-order valence-corrected chi connectivity index (χ0v) is 11.4. The molecule has 0 atom stereocenters. The third-order valence-electron chi connectivity index (χ3n) is 2.88. The molecule has 21 heavy (non-hydrogen) atoms. The molecule has 0 aliphatic carbocycles. The Bertz CT molecular complexity index is 602. The van der Waals surface area contributed by atoms with E-state index >= 15 is 0 Å². The van der Waals surface area contributed by atoms with Crippen molar-refractivity contribution in [3.8, 4) is 5.75 Å². The van der Waals surface area contributed by atoms with Gasteiger partial charge in [0, 0.05) is 6.54 Å². The van der Waals surface area contributed by atoms with E-state index in [-0.39, 0.29) is 11.3 Å². The minimum absolute atomic E-state index is 0.280. The summed E-state index contributed by atoms with van der Waals surface area (Å²) in [6.07, 6.45) is 0.671. The van der Waals surface area contributed by atoms with E-state index in [0.29, 0.717) is 19.6 Å². The van der Waals surface area contributed by atoms with Crippen molar-refractivity contribution in [1.29, 1.82) is 0 Å². The van der Waals surface area contributed by atoms with Gasteiger partial charge in [-0.05, 0) is 30.7 Å². The van der Waals surface area contributed by atoms with Crippen LogP contribution in [0.1, 0.15) is 16.8 Å². The predicted octanol–water partition coefficient (Wildman–Crippen LogP) is 3.40. The Kier molecular flexibility index (Phi) is 5.15. The number of nitrogens with one attached hydrogen (secondary N) is 1. The number of ether oxygens (including phenoxy) is 1. The lowest BCUT2D eigenvalue weighted by molar-refractivity contribution is 0.0693. The van der Waals surface area contributed by atoms with Crippen molar-refractivity contribution in [1.82, 2.24) is 0 Å². The van der Waals surface area contributed by atoms with Crippen molar-refractivity contribution in [2.75, 3.05) is 18.5 Å². The maximum absolute atomic E-state index is 13.5. The second-order valence-corrected chi connectivity index (χ2v) is 4.41. The molecule has 0 unspecified atom stereocenters. The van der Waals surface area contributed by atoms with E-state index in [9.17, 15) is 9.18 Å². The van der Waals surface area contributed by atoms with Gasteiger partial charge in [0.2, 0.25) is 0 Å². The summed E-state index contributed by atoms with van der Waals surface area (Å²) < 4.78 is 19.0. The molecule has 0 fully saturated rings. The van der Waals surface area contributed by atoms with E-state index in [2.05, 4.69) is 5.32 Å². The molecule has 0 heterocycles. The van der Waals surface area contributed by atoms with Crippen molar-refractivity contribution in [2.45, 2.75) is 6.42 Å². The first-order valence-corrected chi connectivity index (χ1v) is 6.62. The zero-order chi connectivity index (χ0) is 15.1. The minimum atomic E-state index is -1.28. The van der Waals surface area contributed by atoms with E-state index in [1.807, 2.05) is 30.3 Å². The third-order valence-corrected chi connectivity index (χ3v) is 2.88. The molecule has 2 rings (SSSR count). The van der Waals surface area contributed by atoms with Crippen LogP contribution in [-0.2, 0) is 0 Å². The van der Waals surface area contributed by atoms with Crippen molar-refractivity contribution in [3.05, 3.63) is 59.9 Å². The molecule has 110 valence electrons. The maximum atomic E-state index is 13.5. The van der Waals surface area contributed by atoms with Gasteiger partial charge in [-0.15, -0.1) is 0 Å². The van der Waals surface area contributed by atoms with E-state index in [0.717, 1.165) is 11.8 Å². The molecule has 0 spiro atoms. The average molecular weight is 289 g/mol. The Morgan fingerprint density at radius 3 is 2.62 bits per heavy atom. The zero-order valence-electron chi connectivity index (χ0n) is 11.4. The highest BCUT2D eigenvalue weighted by Crippen LogP contribution is 2.18. The molecule has 0 aliphatic rings. The van der Waals surface area contributed by atoms with Crippen molar-refractivity contribution >= 4 is 11.7 Å². The second-order valence-electron chi connectivity index (χ2n) is 4.41. The van der Waals surface area contributed by atoms with Crippen LogP contribution < -0.4 is 10.1 Å². The number of carboxylic acid groups (broad SMARTS) is 1. The first-order valence-electron chi connectivity index (χ1n) is 6.62. The molecular weight excluding hydrogens is 273 g/mol. The van der Waals surface area contributed by atoms with Gasteiger partial charge in [-0.1, -0.05) is 24.3 Å². The molecule has 0 radical (unpaired) electrons. The van der Waals surface area contributed by atoms with Crippen LogP contribution in [0.5, 0.6) is 5.75 Å². The average Bonchev–Trinajstić information content (AvgIpc) is 2.47. The number of para-hydroxylation sites is 1. The largest absolute Gasteiger partial charge is 0.494 e. The van der Waals surface area contributed by atoms with Crippen LogP contribution in [0.4, 0.5) is 10.1 Å². The van der Waals surface area contributed by atoms with Gasteiger partial charge in [0.15, 0.2) is 0 Å². The Balaban J connectivity index is 1.81. The highest BCUT2D eigenvalue weighted by molar-refractivity contribution is 5.94. The van der Waals surface area contributed by atoms with Crippen molar-refractivity contribution in [2.24, 2.45) is 0 Å². The van der Waals surface area contributed by atoms with Crippen LogP contribution in [0, 0.1) is 5.82 Å². The van der Waals surface area contributed by atoms with Gasteiger partial charge in [-0.25, -0.2) is 9.18 Å². The molecule has 0 saturated heterocycles. The smallest absolute Gasteiger partial charge is 0.340 e. The maximum Gasteiger partial charge on any atom is 0.340 e. The Hall–Kier alpha value is -2.56. The lowest BCUT2D eigenvalue weighted by Gasteiger charge is -2.10. The van der Waals surface area contributed by atoms with Crippen LogP contribution in [0.25, 0.3) is 0 Å². The van der Waals surface area contributed by atoms with Crippen LogP contribution in [-0.4, -0.2) is 24.2 Å². The van der Waals surface area contributed by atoms with Crippen molar-refractivity contribution in [3.63, 3.8) is 0 Å². The summed E-state index contributed by atoms with van der Waals surface area (Å²) >= 11 is 0. The first-order chi connectivity index (χ1) is 10.2. The van der Waals surface area contributed by atoms with Gasteiger partial charge < -0.3 is 15.2 Å². The lowest BCUT2D eigenvalue weighted by Crippen LogP contribution is -2.11. The highest BCUT2D eigenvalue weighted by atomic mass is 19.1. The van der Waals surface area contributed by atoms with Crippen LogP contribution >= 0.6 is 0 Å². The molecule has 4 nitrogen and oxygen atoms in total. The second kappa shape index (κ2) is 7.28. The van der Waals surface area contributed by atoms with E-state index < -0.39 is 11.8 Å². The molecule has 2 aromatic rings. The number of hydrogen-bond donors (Lipinski definition) is 2. The van der Waals surface area contributed by atoms with Crippen LogP contribution in [0.3, 0.4) is 0 Å².